The minimum absolute atomic E-state index is 0.225. The Labute approximate surface area is 153 Å². The van der Waals surface area contributed by atoms with Crippen molar-refractivity contribution >= 4 is 10.8 Å². The fraction of sp³-hybridized carbons (Fsp3) is 0.160. The first-order valence-electron chi connectivity index (χ1n) is 9.37. The van der Waals surface area contributed by atoms with Crippen LogP contribution in [0.3, 0.4) is 0 Å². The van der Waals surface area contributed by atoms with Crippen LogP contribution in [0.2, 0.25) is 0 Å². The number of hydrogen-bond donors (Lipinski definition) is 0. The van der Waals surface area contributed by atoms with Gasteiger partial charge in [-0.05, 0) is 46.9 Å². The van der Waals surface area contributed by atoms with Crippen LogP contribution in [0, 0.1) is 0 Å². The van der Waals surface area contributed by atoms with Crippen molar-refractivity contribution < 1.29 is 0 Å². The van der Waals surface area contributed by atoms with Gasteiger partial charge in [0.05, 0.1) is 5.69 Å². The highest BCUT2D eigenvalue weighted by atomic mass is 14.7. The molecule has 6 rings (SSSR count). The van der Waals surface area contributed by atoms with Gasteiger partial charge in [0.1, 0.15) is 0 Å². The van der Waals surface area contributed by atoms with Gasteiger partial charge >= 0.3 is 0 Å². The van der Waals surface area contributed by atoms with E-state index in [2.05, 4.69) is 79.0 Å². The zero-order chi connectivity index (χ0) is 17.1. The fourth-order valence-corrected chi connectivity index (χ4v) is 5.24. The standard InChI is InChI=1S/C25H19N/c1-2-7-17(8-3-1)24-21-11-6-12-22-23(21)20(16-26-24)15-25(22)13-18-9-4-5-10-19(18)14-25/h1-12,16H,13-15H2. The van der Waals surface area contributed by atoms with Crippen molar-refractivity contribution in [3.63, 3.8) is 0 Å². The molecular weight excluding hydrogens is 314 g/mol. The van der Waals surface area contributed by atoms with Crippen LogP contribution in [0.5, 0.6) is 0 Å². The molecule has 0 atom stereocenters. The molecule has 26 heavy (non-hydrogen) atoms. The van der Waals surface area contributed by atoms with Crippen molar-refractivity contribution in [2.24, 2.45) is 0 Å². The first-order chi connectivity index (χ1) is 12.8. The third-order valence-electron chi connectivity index (χ3n) is 6.31. The Kier molecular flexibility index (Phi) is 2.77. The molecule has 3 aromatic carbocycles. The molecule has 0 N–H and O–H groups in total. The van der Waals surface area contributed by atoms with Gasteiger partial charge in [0, 0.05) is 22.6 Å². The second-order valence-electron chi connectivity index (χ2n) is 7.81. The molecule has 2 aliphatic rings. The summed E-state index contributed by atoms with van der Waals surface area (Å²) in [5.74, 6) is 0. The van der Waals surface area contributed by atoms with Crippen molar-refractivity contribution in [3.05, 3.63) is 101 Å². The first-order valence-corrected chi connectivity index (χ1v) is 9.37. The Morgan fingerprint density at radius 1 is 0.654 bits per heavy atom. The summed E-state index contributed by atoms with van der Waals surface area (Å²) in [7, 11) is 0. The van der Waals surface area contributed by atoms with Crippen LogP contribution >= 0.6 is 0 Å². The van der Waals surface area contributed by atoms with Crippen molar-refractivity contribution in [1.29, 1.82) is 0 Å². The van der Waals surface area contributed by atoms with Gasteiger partial charge in [-0.25, -0.2) is 0 Å². The molecule has 2 aliphatic carbocycles. The fourth-order valence-electron chi connectivity index (χ4n) is 5.24. The highest BCUT2D eigenvalue weighted by Gasteiger charge is 2.44. The van der Waals surface area contributed by atoms with Gasteiger partial charge in [0.25, 0.3) is 0 Å². The molecule has 0 unspecified atom stereocenters. The molecule has 1 heterocycles. The minimum Gasteiger partial charge on any atom is -0.255 e. The molecule has 0 aliphatic heterocycles. The van der Waals surface area contributed by atoms with Gasteiger partial charge in [-0.15, -0.1) is 0 Å². The normalized spacial score (nSPS) is 16.3. The van der Waals surface area contributed by atoms with E-state index in [0.717, 1.165) is 25.0 Å². The Morgan fingerprint density at radius 2 is 1.35 bits per heavy atom. The van der Waals surface area contributed by atoms with Gasteiger partial charge in [0.15, 0.2) is 0 Å². The average Bonchev–Trinajstić information content (AvgIpc) is 3.22. The van der Waals surface area contributed by atoms with Crippen molar-refractivity contribution in [2.75, 3.05) is 0 Å². The lowest BCUT2D eigenvalue weighted by molar-refractivity contribution is 0.467. The van der Waals surface area contributed by atoms with Crippen LogP contribution in [0.1, 0.15) is 22.3 Å². The molecular formula is C25H19N. The number of aromatic nitrogens is 1. The maximum Gasteiger partial charge on any atom is 0.0780 e. The average molecular weight is 333 g/mol. The van der Waals surface area contributed by atoms with E-state index in [1.54, 1.807) is 0 Å². The molecule has 0 saturated heterocycles. The Hall–Kier alpha value is -2.93. The molecule has 1 nitrogen and oxygen atoms in total. The van der Waals surface area contributed by atoms with E-state index in [0.29, 0.717) is 0 Å². The smallest absolute Gasteiger partial charge is 0.0780 e. The van der Waals surface area contributed by atoms with Gasteiger partial charge in [0.2, 0.25) is 0 Å². The Morgan fingerprint density at radius 3 is 2.12 bits per heavy atom. The molecule has 124 valence electrons. The number of pyridine rings is 1. The highest BCUT2D eigenvalue weighted by Crippen LogP contribution is 2.50. The molecule has 1 heteroatoms. The number of fused-ring (bicyclic) bond motifs is 2. The summed E-state index contributed by atoms with van der Waals surface area (Å²) in [5.41, 5.74) is 8.53. The lowest BCUT2D eigenvalue weighted by atomic mass is 9.78. The largest absolute Gasteiger partial charge is 0.255 e. The minimum atomic E-state index is 0.225. The van der Waals surface area contributed by atoms with Gasteiger partial charge < -0.3 is 0 Å². The van der Waals surface area contributed by atoms with E-state index in [1.165, 1.54) is 38.6 Å². The summed E-state index contributed by atoms with van der Waals surface area (Å²) in [5, 5.41) is 2.76. The molecule has 0 fully saturated rings. The molecule has 1 aromatic heterocycles. The van der Waals surface area contributed by atoms with Gasteiger partial charge in [-0.1, -0.05) is 72.8 Å². The van der Waals surface area contributed by atoms with Crippen molar-refractivity contribution in [3.8, 4) is 11.3 Å². The summed E-state index contributed by atoms with van der Waals surface area (Å²) in [6.07, 6.45) is 5.54. The quantitative estimate of drug-likeness (QED) is 0.448. The third-order valence-corrected chi connectivity index (χ3v) is 6.31. The summed E-state index contributed by atoms with van der Waals surface area (Å²) >= 11 is 0. The lowest BCUT2D eigenvalue weighted by Gasteiger charge is -2.24. The number of rotatable bonds is 1. The molecule has 1 spiro atoms. The van der Waals surface area contributed by atoms with Gasteiger partial charge in [-0.3, -0.25) is 4.98 Å². The Balaban J connectivity index is 1.58. The van der Waals surface area contributed by atoms with Crippen LogP contribution in [0.15, 0.2) is 79.0 Å². The number of benzene rings is 3. The van der Waals surface area contributed by atoms with Crippen LogP contribution in [0.4, 0.5) is 0 Å². The molecule has 0 bridgehead atoms. The highest BCUT2D eigenvalue weighted by molar-refractivity contribution is 6.00. The SMILES string of the molecule is c1ccc(-c2ncc3c4c(cccc24)C2(Cc4ccccc4C2)C3)cc1. The maximum absolute atomic E-state index is 4.88. The van der Waals surface area contributed by atoms with E-state index in [1.807, 2.05) is 0 Å². The van der Waals surface area contributed by atoms with Crippen LogP contribution in [-0.4, -0.2) is 4.98 Å². The predicted octanol–water partition coefficient (Wildman–Crippen LogP) is 5.49. The number of hydrogen-bond acceptors (Lipinski definition) is 1. The van der Waals surface area contributed by atoms with E-state index in [9.17, 15) is 0 Å². The van der Waals surface area contributed by atoms with Crippen molar-refractivity contribution in [2.45, 2.75) is 24.7 Å². The molecule has 4 aromatic rings. The summed E-state index contributed by atoms with van der Waals surface area (Å²) in [6.45, 7) is 0. The van der Waals surface area contributed by atoms with Gasteiger partial charge in [-0.2, -0.15) is 0 Å². The molecule has 0 saturated carbocycles. The second kappa shape index (κ2) is 5.04. The molecule has 0 amide bonds. The van der Waals surface area contributed by atoms with E-state index >= 15 is 0 Å². The second-order valence-corrected chi connectivity index (χ2v) is 7.81. The van der Waals surface area contributed by atoms with Crippen LogP contribution < -0.4 is 0 Å². The monoisotopic (exact) mass is 333 g/mol. The van der Waals surface area contributed by atoms with E-state index in [4.69, 9.17) is 4.98 Å². The van der Waals surface area contributed by atoms with E-state index < -0.39 is 0 Å². The molecule has 0 radical (unpaired) electrons. The number of nitrogens with zero attached hydrogens (tertiary/aromatic N) is 1. The lowest BCUT2D eigenvalue weighted by Crippen LogP contribution is -2.25. The first kappa shape index (κ1) is 14.3. The third kappa shape index (κ3) is 1.83. The van der Waals surface area contributed by atoms with Crippen LogP contribution in [0.25, 0.3) is 22.0 Å². The summed E-state index contributed by atoms with van der Waals surface area (Å²) < 4.78 is 0. The van der Waals surface area contributed by atoms with Crippen molar-refractivity contribution in [1.82, 2.24) is 4.98 Å². The Bertz CT molecular complexity index is 1130. The zero-order valence-electron chi connectivity index (χ0n) is 14.6. The zero-order valence-corrected chi connectivity index (χ0v) is 14.6. The topological polar surface area (TPSA) is 12.9 Å². The summed E-state index contributed by atoms with van der Waals surface area (Å²) in [4.78, 5) is 4.88. The van der Waals surface area contributed by atoms with E-state index in [-0.39, 0.29) is 5.41 Å². The summed E-state index contributed by atoms with van der Waals surface area (Å²) in [6, 6.07) is 26.4. The predicted molar refractivity (Wildman–Crippen MR) is 106 cm³/mol. The van der Waals surface area contributed by atoms with Crippen LogP contribution in [-0.2, 0) is 24.7 Å². The maximum atomic E-state index is 4.88.